The van der Waals surface area contributed by atoms with E-state index in [1.807, 2.05) is 25.2 Å². The highest BCUT2D eigenvalue weighted by Gasteiger charge is 2.12. The van der Waals surface area contributed by atoms with E-state index in [0.717, 1.165) is 18.5 Å². The van der Waals surface area contributed by atoms with E-state index in [9.17, 15) is 5.11 Å². The molecule has 0 aromatic carbocycles. The molecule has 0 aromatic rings. The normalized spacial score (nSPS) is 40.0. The maximum Gasteiger partial charge on any atom is 0.0603 e. The predicted octanol–water partition coefficient (Wildman–Crippen LogP) is 1.18. The summed E-state index contributed by atoms with van der Waals surface area (Å²) in [4.78, 5) is 0. The molecular weight excluding hydrogens is 138 g/mol. The minimum absolute atomic E-state index is 0.212. The van der Waals surface area contributed by atoms with E-state index in [2.05, 4.69) is 0 Å². The molecule has 0 saturated carbocycles. The summed E-state index contributed by atoms with van der Waals surface area (Å²) >= 11 is 0. The second-order valence-corrected chi connectivity index (χ2v) is 3.12. The first-order valence-corrected chi connectivity index (χ1v) is 4.00. The average Bonchev–Trinajstić information content (AvgIpc) is 1.98. The summed E-state index contributed by atoms with van der Waals surface area (Å²) in [5, 5.41) is 9.45. The number of hydrogen-bond acceptors (Lipinski definition) is 2. The average molecular weight is 153 g/mol. The summed E-state index contributed by atoms with van der Waals surface area (Å²) < 4.78 is 0. The van der Waals surface area contributed by atoms with Crippen LogP contribution >= 0.6 is 0 Å². The van der Waals surface area contributed by atoms with Crippen molar-refractivity contribution in [3.8, 4) is 0 Å². The van der Waals surface area contributed by atoms with Crippen LogP contribution in [0, 0.1) is 5.92 Å². The molecule has 0 radical (unpaired) electrons. The Morgan fingerprint density at radius 3 is 3.00 bits per heavy atom. The Bertz CT molecular complexity index is 184. The van der Waals surface area contributed by atoms with Gasteiger partial charge >= 0.3 is 0 Å². The number of aliphatic hydroxyl groups excluding tert-OH is 1. The van der Waals surface area contributed by atoms with Crippen LogP contribution < -0.4 is 5.73 Å². The van der Waals surface area contributed by atoms with Crippen LogP contribution in [0.25, 0.3) is 0 Å². The fourth-order valence-corrected chi connectivity index (χ4v) is 1.12. The number of aliphatic hydroxyl groups is 1. The van der Waals surface area contributed by atoms with E-state index in [1.165, 1.54) is 0 Å². The second-order valence-electron chi connectivity index (χ2n) is 3.12. The summed E-state index contributed by atoms with van der Waals surface area (Å²) in [5.41, 5.74) is 6.41. The molecule has 0 aromatic heterocycles. The van der Waals surface area contributed by atoms with Crippen molar-refractivity contribution in [2.24, 2.45) is 11.7 Å². The van der Waals surface area contributed by atoms with Crippen molar-refractivity contribution in [1.82, 2.24) is 0 Å². The summed E-state index contributed by atoms with van der Waals surface area (Å²) in [5.74, 6) is 0.318. The van der Waals surface area contributed by atoms with Gasteiger partial charge in [0, 0.05) is 5.70 Å². The van der Waals surface area contributed by atoms with Crippen LogP contribution in [-0.2, 0) is 0 Å². The minimum Gasteiger partial charge on any atom is -0.399 e. The van der Waals surface area contributed by atoms with E-state index in [4.69, 9.17) is 5.73 Å². The highest BCUT2D eigenvalue weighted by molar-refractivity contribution is 5.16. The highest BCUT2D eigenvalue weighted by atomic mass is 16.3. The van der Waals surface area contributed by atoms with E-state index in [1.54, 1.807) is 0 Å². The first-order valence-electron chi connectivity index (χ1n) is 4.00. The molecule has 2 heteroatoms. The monoisotopic (exact) mass is 153 g/mol. The van der Waals surface area contributed by atoms with Gasteiger partial charge in [0.15, 0.2) is 0 Å². The fourth-order valence-electron chi connectivity index (χ4n) is 1.12. The number of nitrogens with two attached hydrogens (primary N) is 1. The molecule has 0 fully saturated rings. The van der Waals surface area contributed by atoms with Crippen molar-refractivity contribution in [2.75, 3.05) is 0 Å². The van der Waals surface area contributed by atoms with Crippen LogP contribution in [0.3, 0.4) is 0 Å². The van der Waals surface area contributed by atoms with Gasteiger partial charge in [-0.2, -0.15) is 0 Å². The molecule has 0 heterocycles. The summed E-state index contributed by atoms with van der Waals surface area (Å²) in [7, 11) is 0. The molecule has 2 nitrogen and oxygen atoms in total. The largest absolute Gasteiger partial charge is 0.399 e. The van der Waals surface area contributed by atoms with Gasteiger partial charge in [-0.1, -0.05) is 19.1 Å². The number of rotatable bonds is 0. The van der Waals surface area contributed by atoms with Gasteiger partial charge in [0.1, 0.15) is 0 Å². The molecule has 1 aliphatic rings. The zero-order valence-corrected chi connectivity index (χ0v) is 6.83. The van der Waals surface area contributed by atoms with Crippen molar-refractivity contribution < 1.29 is 5.11 Å². The molecule has 62 valence electrons. The lowest BCUT2D eigenvalue weighted by molar-refractivity contribution is 0.120. The lowest BCUT2D eigenvalue weighted by atomic mass is 9.96. The Labute approximate surface area is 67.4 Å². The van der Waals surface area contributed by atoms with Crippen LogP contribution in [0.15, 0.2) is 23.9 Å². The van der Waals surface area contributed by atoms with Crippen LogP contribution in [0.4, 0.5) is 0 Å². The Balaban J connectivity index is 2.62. The van der Waals surface area contributed by atoms with Crippen LogP contribution in [-0.4, -0.2) is 11.2 Å². The molecule has 0 spiro atoms. The van der Waals surface area contributed by atoms with Crippen molar-refractivity contribution in [3.63, 3.8) is 0 Å². The van der Waals surface area contributed by atoms with Crippen molar-refractivity contribution in [2.45, 2.75) is 25.9 Å². The molecule has 0 aliphatic heterocycles. The minimum atomic E-state index is -0.212. The third-order valence-electron chi connectivity index (χ3n) is 2.07. The smallest absolute Gasteiger partial charge is 0.0603 e. The molecule has 1 rings (SSSR count). The Kier molecular flexibility index (Phi) is 2.71. The molecule has 0 bridgehead atoms. The van der Waals surface area contributed by atoms with Crippen molar-refractivity contribution in [1.29, 1.82) is 0 Å². The van der Waals surface area contributed by atoms with E-state index in [-0.39, 0.29) is 6.10 Å². The molecule has 2 atom stereocenters. The molecule has 0 amide bonds. The molecule has 11 heavy (non-hydrogen) atoms. The van der Waals surface area contributed by atoms with E-state index >= 15 is 0 Å². The van der Waals surface area contributed by atoms with Gasteiger partial charge in [-0.25, -0.2) is 0 Å². The second kappa shape index (κ2) is 3.58. The zero-order valence-electron chi connectivity index (χ0n) is 6.83. The highest BCUT2D eigenvalue weighted by Crippen LogP contribution is 2.15. The summed E-state index contributed by atoms with van der Waals surface area (Å²) in [6.45, 7) is 2.04. The summed E-state index contributed by atoms with van der Waals surface area (Å²) in [6, 6.07) is 0. The third-order valence-corrected chi connectivity index (χ3v) is 2.07. The predicted molar refractivity (Wildman–Crippen MR) is 45.8 cm³/mol. The van der Waals surface area contributed by atoms with E-state index < -0.39 is 0 Å². The van der Waals surface area contributed by atoms with Crippen molar-refractivity contribution in [3.05, 3.63) is 23.9 Å². The topological polar surface area (TPSA) is 46.2 Å². The Morgan fingerprint density at radius 2 is 2.27 bits per heavy atom. The van der Waals surface area contributed by atoms with Crippen LogP contribution in [0.1, 0.15) is 19.8 Å². The lowest BCUT2D eigenvalue weighted by Gasteiger charge is -2.17. The zero-order chi connectivity index (χ0) is 8.27. The fraction of sp³-hybridized carbons (Fsp3) is 0.556. The standard InChI is InChI=1S/C9H15NO/c1-7-5-6-8(10)3-2-4-9(7)11/h2-3,6-7,9,11H,4-5,10H2,1H3/b3-2-,8-6-. The van der Waals surface area contributed by atoms with Gasteiger partial charge in [0.2, 0.25) is 0 Å². The molecule has 2 unspecified atom stereocenters. The number of hydrogen-bond donors (Lipinski definition) is 2. The van der Waals surface area contributed by atoms with Gasteiger partial charge in [0.05, 0.1) is 6.10 Å². The molecular formula is C9H15NO. The van der Waals surface area contributed by atoms with Crippen molar-refractivity contribution >= 4 is 0 Å². The molecule has 1 aliphatic carbocycles. The number of allylic oxidation sites excluding steroid dienone is 2. The molecule has 3 N–H and O–H groups in total. The van der Waals surface area contributed by atoms with Crippen LogP contribution in [0.2, 0.25) is 0 Å². The lowest BCUT2D eigenvalue weighted by Crippen LogP contribution is -2.17. The van der Waals surface area contributed by atoms with Gasteiger partial charge in [-0.3, -0.25) is 0 Å². The van der Waals surface area contributed by atoms with Gasteiger partial charge in [-0.05, 0) is 24.8 Å². The Hall–Kier alpha value is -0.760. The summed E-state index contributed by atoms with van der Waals surface area (Å²) in [6.07, 6.45) is 7.12. The first-order chi connectivity index (χ1) is 5.20. The third kappa shape index (κ3) is 2.39. The SMILES string of the molecule is CC1C/C=C(N)/C=C\CC1O. The maximum absolute atomic E-state index is 9.45. The van der Waals surface area contributed by atoms with Gasteiger partial charge in [0.25, 0.3) is 0 Å². The Morgan fingerprint density at radius 1 is 1.55 bits per heavy atom. The van der Waals surface area contributed by atoms with Gasteiger partial charge < -0.3 is 10.8 Å². The quantitative estimate of drug-likeness (QED) is 0.549. The van der Waals surface area contributed by atoms with E-state index in [0.29, 0.717) is 5.92 Å². The van der Waals surface area contributed by atoms with Gasteiger partial charge in [-0.15, -0.1) is 0 Å². The first kappa shape index (κ1) is 8.34. The van der Waals surface area contributed by atoms with Crippen LogP contribution in [0.5, 0.6) is 0 Å². The maximum atomic E-state index is 9.45. The molecule has 0 saturated heterocycles.